The van der Waals surface area contributed by atoms with Crippen LogP contribution in [-0.4, -0.2) is 41.3 Å². The zero-order valence-corrected chi connectivity index (χ0v) is 16.3. The third-order valence-corrected chi connectivity index (χ3v) is 5.70. The molecular formula is C19H22N2O5S. The van der Waals surface area contributed by atoms with Gasteiger partial charge in [-0.05, 0) is 36.2 Å². The standard InChI is InChI=1S/C19H22N2O5S/c1-25-17-6-4-5-15(18(17)26-2)12-20-19(22)14-7-8-16-13(11-14)9-10-21(16)27(3,23)24/h4-8,11H,9-10,12H2,1-3H3,(H,20,22). The molecule has 8 heteroatoms. The van der Waals surface area contributed by atoms with E-state index in [9.17, 15) is 13.2 Å². The summed E-state index contributed by atoms with van der Waals surface area (Å²) in [5.74, 6) is 0.946. The molecule has 0 aliphatic carbocycles. The lowest BCUT2D eigenvalue weighted by Gasteiger charge is -2.16. The Morgan fingerprint density at radius 1 is 1.19 bits per heavy atom. The number of hydrogen-bond donors (Lipinski definition) is 1. The van der Waals surface area contributed by atoms with Gasteiger partial charge in [-0.3, -0.25) is 9.10 Å². The summed E-state index contributed by atoms with van der Waals surface area (Å²) in [7, 11) is -0.190. The van der Waals surface area contributed by atoms with E-state index in [1.165, 1.54) is 10.6 Å². The van der Waals surface area contributed by atoms with Crippen LogP contribution in [0.2, 0.25) is 0 Å². The predicted octanol–water partition coefficient (Wildman–Crippen LogP) is 1.96. The van der Waals surface area contributed by atoms with Crippen molar-refractivity contribution in [2.45, 2.75) is 13.0 Å². The average molecular weight is 390 g/mol. The maximum absolute atomic E-state index is 12.5. The summed E-state index contributed by atoms with van der Waals surface area (Å²) < 4.78 is 35.6. The van der Waals surface area contributed by atoms with Gasteiger partial charge in [-0.1, -0.05) is 12.1 Å². The van der Waals surface area contributed by atoms with Gasteiger partial charge in [0, 0.05) is 24.2 Å². The number of nitrogens with zero attached hydrogens (tertiary/aromatic N) is 1. The molecule has 2 aromatic rings. The van der Waals surface area contributed by atoms with Gasteiger partial charge in [-0.2, -0.15) is 0 Å². The molecule has 0 spiro atoms. The molecule has 1 aliphatic heterocycles. The Kier molecular flexibility index (Phi) is 5.27. The van der Waals surface area contributed by atoms with Crippen LogP contribution >= 0.6 is 0 Å². The third kappa shape index (κ3) is 3.85. The van der Waals surface area contributed by atoms with E-state index in [2.05, 4.69) is 5.32 Å². The molecule has 0 aromatic heterocycles. The fourth-order valence-electron chi connectivity index (χ4n) is 3.23. The highest BCUT2D eigenvalue weighted by atomic mass is 32.2. The average Bonchev–Trinajstić information content (AvgIpc) is 3.09. The Morgan fingerprint density at radius 2 is 1.96 bits per heavy atom. The van der Waals surface area contributed by atoms with E-state index in [4.69, 9.17) is 9.47 Å². The summed E-state index contributed by atoms with van der Waals surface area (Å²) in [6, 6.07) is 10.5. The van der Waals surface area contributed by atoms with Gasteiger partial charge < -0.3 is 14.8 Å². The molecule has 0 saturated heterocycles. The minimum Gasteiger partial charge on any atom is -0.493 e. The van der Waals surface area contributed by atoms with Crippen molar-refractivity contribution in [3.05, 3.63) is 53.1 Å². The second-order valence-corrected chi connectivity index (χ2v) is 8.17. The minimum atomic E-state index is -3.30. The monoisotopic (exact) mass is 390 g/mol. The van der Waals surface area contributed by atoms with Gasteiger partial charge in [-0.15, -0.1) is 0 Å². The van der Waals surface area contributed by atoms with Crippen LogP contribution < -0.4 is 19.1 Å². The lowest BCUT2D eigenvalue weighted by Crippen LogP contribution is -2.27. The molecule has 27 heavy (non-hydrogen) atoms. The third-order valence-electron chi connectivity index (χ3n) is 4.52. The van der Waals surface area contributed by atoms with Gasteiger partial charge in [0.2, 0.25) is 10.0 Å². The summed E-state index contributed by atoms with van der Waals surface area (Å²) in [6.07, 6.45) is 1.78. The molecule has 144 valence electrons. The number of methoxy groups -OCH3 is 2. The molecule has 0 unspecified atom stereocenters. The molecule has 1 heterocycles. The summed E-state index contributed by atoms with van der Waals surface area (Å²) >= 11 is 0. The Morgan fingerprint density at radius 3 is 2.63 bits per heavy atom. The van der Waals surface area contributed by atoms with Crippen LogP contribution in [0, 0.1) is 0 Å². The number of para-hydroxylation sites is 1. The van der Waals surface area contributed by atoms with Gasteiger partial charge in [0.25, 0.3) is 5.91 Å². The van der Waals surface area contributed by atoms with Crippen molar-refractivity contribution >= 4 is 21.6 Å². The van der Waals surface area contributed by atoms with Crippen molar-refractivity contribution in [3.63, 3.8) is 0 Å². The number of fused-ring (bicyclic) bond motifs is 1. The van der Waals surface area contributed by atoms with Crippen molar-refractivity contribution in [2.75, 3.05) is 31.3 Å². The Balaban J connectivity index is 1.75. The highest BCUT2D eigenvalue weighted by Crippen LogP contribution is 2.32. The lowest BCUT2D eigenvalue weighted by molar-refractivity contribution is 0.0950. The highest BCUT2D eigenvalue weighted by Gasteiger charge is 2.26. The topological polar surface area (TPSA) is 84.9 Å². The predicted molar refractivity (Wildman–Crippen MR) is 103 cm³/mol. The quantitative estimate of drug-likeness (QED) is 0.815. The molecule has 1 aliphatic rings. The molecular weight excluding hydrogens is 368 g/mol. The zero-order chi connectivity index (χ0) is 19.6. The van der Waals surface area contributed by atoms with Crippen LogP contribution in [0.25, 0.3) is 0 Å². The molecule has 0 fully saturated rings. The number of hydrogen-bond acceptors (Lipinski definition) is 5. The van der Waals surface area contributed by atoms with Crippen LogP contribution in [0.15, 0.2) is 36.4 Å². The molecule has 0 bridgehead atoms. The number of ether oxygens (including phenoxy) is 2. The SMILES string of the molecule is COc1cccc(CNC(=O)c2ccc3c(c2)CCN3S(C)(=O)=O)c1OC. The highest BCUT2D eigenvalue weighted by molar-refractivity contribution is 7.92. The number of rotatable bonds is 6. The fraction of sp³-hybridized carbons (Fsp3) is 0.316. The van der Waals surface area contributed by atoms with Crippen LogP contribution in [0.3, 0.4) is 0 Å². The van der Waals surface area contributed by atoms with Gasteiger partial charge in [0.05, 0.1) is 26.2 Å². The second-order valence-electron chi connectivity index (χ2n) is 6.26. The van der Waals surface area contributed by atoms with E-state index < -0.39 is 10.0 Å². The van der Waals surface area contributed by atoms with E-state index >= 15 is 0 Å². The summed E-state index contributed by atoms with van der Waals surface area (Å²) in [5, 5.41) is 2.87. The molecule has 1 N–H and O–H groups in total. The normalized spacial score (nSPS) is 13.2. The maximum Gasteiger partial charge on any atom is 0.251 e. The molecule has 3 rings (SSSR count). The van der Waals surface area contributed by atoms with E-state index in [0.29, 0.717) is 35.7 Å². The van der Waals surface area contributed by atoms with Gasteiger partial charge in [0.15, 0.2) is 11.5 Å². The molecule has 0 saturated carbocycles. The van der Waals surface area contributed by atoms with Gasteiger partial charge >= 0.3 is 0 Å². The second kappa shape index (κ2) is 7.48. The Hall–Kier alpha value is -2.74. The van der Waals surface area contributed by atoms with E-state index in [1.54, 1.807) is 38.5 Å². The number of benzene rings is 2. The smallest absolute Gasteiger partial charge is 0.251 e. The van der Waals surface area contributed by atoms with Crippen molar-refractivity contribution < 1.29 is 22.7 Å². The van der Waals surface area contributed by atoms with Crippen LogP contribution in [0.4, 0.5) is 5.69 Å². The van der Waals surface area contributed by atoms with Gasteiger partial charge in [0.1, 0.15) is 0 Å². The van der Waals surface area contributed by atoms with E-state index in [-0.39, 0.29) is 12.5 Å². The Labute approximate surface area is 158 Å². The summed E-state index contributed by atoms with van der Waals surface area (Å²) in [6.45, 7) is 0.687. The van der Waals surface area contributed by atoms with Crippen molar-refractivity contribution in [1.29, 1.82) is 0 Å². The zero-order valence-electron chi connectivity index (χ0n) is 15.5. The summed E-state index contributed by atoms with van der Waals surface area (Å²) in [5.41, 5.74) is 2.79. The first-order valence-corrected chi connectivity index (χ1v) is 10.3. The molecule has 2 aromatic carbocycles. The number of carbonyl (C=O) groups is 1. The lowest BCUT2D eigenvalue weighted by atomic mass is 10.1. The first-order valence-electron chi connectivity index (χ1n) is 8.44. The van der Waals surface area contributed by atoms with E-state index in [1.807, 2.05) is 12.1 Å². The minimum absolute atomic E-state index is 0.236. The van der Waals surface area contributed by atoms with Crippen molar-refractivity contribution in [2.24, 2.45) is 0 Å². The van der Waals surface area contributed by atoms with Gasteiger partial charge in [-0.25, -0.2) is 8.42 Å². The number of nitrogens with one attached hydrogen (secondary N) is 1. The first kappa shape index (κ1) is 19.0. The molecule has 0 atom stereocenters. The van der Waals surface area contributed by atoms with Crippen LogP contribution in [-0.2, 0) is 23.0 Å². The van der Waals surface area contributed by atoms with E-state index in [0.717, 1.165) is 11.1 Å². The first-order chi connectivity index (χ1) is 12.8. The van der Waals surface area contributed by atoms with Crippen LogP contribution in [0.5, 0.6) is 11.5 Å². The number of amides is 1. The van der Waals surface area contributed by atoms with Crippen molar-refractivity contribution in [1.82, 2.24) is 5.32 Å². The largest absolute Gasteiger partial charge is 0.493 e. The Bertz CT molecular complexity index is 972. The number of sulfonamides is 1. The number of carbonyl (C=O) groups excluding carboxylic acids is 1. The molecule has 7 nitrogen and oxygen atoms in total. The fourth-order valence-corrected chi connectivity index (χ4v) is 4.19. The molecule has 1 amide bonds. The molecule has 0 radical (unpaired) electrons. The summed E-state index contributed by atoms with van der Waals surface area (Å²) in [4.78, 5) is 12.5. The van der Waals surface area contributed by atoms with Crippen LogP contribution in [0.1, 0.15) is 21.5 Å². The van der Waals surface area contributed by atoms with Crippen molar-refractivity contribution in [3.8, 4) is 11.5 Å². The number of anilines is 1. The maximum atomic E-state index is 12.5.